The van der Waals surface area contributed by atoms with E-state index in [9.17, 15) is 4.39 Å². The van der Waals surface area contributed by atoms with Gasteiger partial charge in [-0.15, -0.1) is 0 Å². The second-order valence-electron chi connectivity index (χ2n) is 4.17. The molecule has 1 heteroatoms. The molecule has 0 unspecified atom stereocenters. The molecule has 0 N–H and O–H groups in total. The molecular weight excluding hydrogens is 199 g/mol. The molecule has 1 aromatic rings. The third kappa shape index (κ3) is 2.30. The zero-order valence-electron chi connectivity index (χ0n) is 9.63. The van der Waals surface area contributed by atoms with Gasteiger partial charge in [0.2, 0.25) is 0 Å². The SMILES string of the molecule is CC1=CCC(C)=C1/C=C/c1ccc(F)cc1. The van der Waals surface area contributed by atoms with Crippen LogP contribution in [-0.2, 0) is 0 Å². The third-order valence-corrected chi connectivity index (χ3v) is 2.91. The topological polar surface area (TPSA) is 0 Å². The quantitative estimate of drug-likeness (QED) is 0.679. The first-order valence-corrected chi connectivity index (χ1v) is 5.47. The first-order chi connectivity index (χ1) is 7.66. The summed E-state index contributed by atoms with van der Waals surface area (Å²) in [6.07, 6.45) is 7.43. The van der Waals surface area contributed by atoms with Gasteiger partial charge >= 0.3 is 0 Å². The minimum atomic E-state index is -0.190. The first kappa shape index (κ1) is 10.9. The highest BCUT2D eigenvalue weighted by atomic mass is 19.1. The second-order valence-corrected chi connectivity index (χ2v) is 4.17. The van der Waals surface area contributed by atoms with E-state index in [1.165, 1.54) is 28.9 Å². The fourth-order valence-corrected chi connectivity index (χ4v) is 1.89. The molecule has 0 aromatic heterocycles. The second kappa shape index (κ2) is 4.48. The molecule has 82 valence electrons. The van der Waals surface area contributed by atoms with E-state index in [1.807, 2.05) is 6.08 Å². The average Bonchev–Trinajstić information content (AvgIpc) is 2.59. The van der Waals surface area contributed by atoms with Gasteiger partial charge < -0.3 is 0 Å². The Labute approximate surface area is 95.8 Å². The Morgan fingerprint density at radius 3 is 2.31 bits per heavy atom. The largest absolute Gasteiger partial charge is 0.207 e. The summed E-state index contributed by atoms with van der Waals surface area (Å²) in [5, 5.41) is 0. The molecule has 0 radical (unpaired) electrons. The van der Waals surface area contributed by atoms with Crippen LogP contribution in [0.1, 0.15) is 25.8 Å². The molecule has 0 spiro atoms. The van der Waals surface area contributed by atoms with Crippen molar-refractivity contribution in [2.75, 3.05) is 0 Å². The van der Waals surface area contributed by atoms with Crippen molar-refractivity contribution in [2.24, 2.45) is 0 Å². The summed E-state index contributed by atoms with van der Waals surface area (Å²) in [4.78, 5) is 0. The van der Waals surface area contributed by atoms with Gasteiger partial charge in [-0.2, -0.15) is 0 Å². The van der Waals surface area contributed by atoms with E-state index in [0.29, 0.717) is 0 Å². The lowest BCUT2D eigenvalue weighted by Crippen LogP contribution is -1.80. The Morgan fingerprint density at radius 1 is 1.06 bits per heavy atom. The van der Waals surface area contributed by atoms with Crippen LogP contribution in [0.2, 0.25) is 0 Å². The number of hydrogen-bond donors (Lipinski definition) is 0. The molecule has 1 aliphatic rings. The lowest BCUT2D eigenvalue weighted by molar-refractivity contribution is 0.628. The lowest BCUT2D eigenvalue weighted by atomic mass is 10.1. The van der Waals surface area contributed by atoms with E-state index in [1.54, 1.807) is 12.1 Å². The maximum atomic E-state index is 12.7. The predicted octanol–water partition coefficient (Wildman–Crippen LogP) is 4.51. The van der Waals surface area contributed by atoms with Gasteiger partial charge in [0.1, 0.15) is 5.82 Å². The van der Waals surface area contributed by atoms with Gasteiger partial charge in [-0.3, -0.25) is 0 Å². The molecule has 0 heterocycles. The van der Waals surface area contributed by atoms with Gasteiger partial charge in [-0.05, 0) is 49.1 Å². The molecule has 0 nitrogen and oxygen atoms in total. The van der Waals surface area contributed by atoms with E-state index in [2.05, 4.69) is 26.0 Å². The van der Waals surface area contributed by atoms with Crippen molar-refractivity contribution < 1.29 is 4.39 Å². The van der Waals surface area contributed by atoms with Crippen LogP contribution in [0.5, 0.6) is 0 Å². The van der Waals surface area contributed by atoms with E-state index >= 15 is 0 Å². The summed E-state index contributed by atoms with van der Waals surface area (Å²) < 4.78 is 12.7. The summed E-state index contributed by atoms with van der Waals surface area (Å²) in [6.45, 7) is 4.28. The fourth-order valence-electron chi connectivity index (χ4n) is 1.89. The zero-order chi connectivity index (χ0) is 11.5. The van der Waals surface area contributed by atoms with E-state index in [-0.39, 0.29) is 5.82 Å². The van der Waals surface area contributed by atoms with Crippen molar-refractivity contribution in [2.45, 2.75) is 20.3 Å². The van der Waals surface area contributed by atoms with Crippen LogP contribution in [0.15, 0.2) is 53.1 Å². The molecule has 0 fully saturated rings. The van der Waals surface area contributed by atoms with Gasteiger partial charge in [0.25, 0.3) is 0 Å². The Balaban J connectivity index is 2.19. The van der Waals surface area contributed by atoms with Crippen molar-refractivity contribution in [3.63, 3.8) is 0 Å². The van der Waals surface area contributed by atoms with Gasteiger partial charge in [-0.1, -0.05) is 35.9 Å². The predicted molar refractivity (Wildman–Crippen MR) is 66.5 cm³/mol. The summed E-state index contributed by atoms with van der Waals surface area (Å²) >= 11 is 0. The number of halogens is 1. The Kier molecular flexibility index (Phi) is 3.04. The Hall–Kier alpha value is -1.63. The number of hydrogen-bond acceptors (Lipinski definition) is 0. The highest BCUT2D eigenvalue weighted by Crippen LogP contribution is 2.26. The molecule has 0 saturated heterocycles. The van der Waals surface area contributed by atoms with Crippen LogP contribution in [0.25, 0.3) is 6.08 Å². The van der Waals surface area contributed by atoms with Crippen molar-refractivity contribution in [3.05, 3.63) is 64.5 Å². The lowest BCUT2D eigenvalue weighted by Gasteiger charge is -1.99. The molecule has 1 aliphatic carbocycles. The van der Waals surface area contributed by atoms with E-state index in [0.717, 1.165) is 12.0 Å². The molecule has 2 rings (SSSR count). The smallest absolute Gasteiger partial charge is 0.123 e. The van der Waals surface area contributed by atoms with Gasteiger partial charge in [0.05, 0.1) is 0 Å². The highest BCUT2D eigenvalue weighted by Gasteiger charge is 2.07. The molecule has 16 heavy (non-hydrogen) atoms. The molecule has 0 amide bonds. The highest BCUT2D eigenvalue weighted by molar-refractivity contribution is 5.59. The zero-order valence-corrected chi connectivity index (χ0v) is 9.63. The maximum absolute atomic E-state index is 12.7. The molecular formula is C15H15F. The van der Waals surface area contributed by atoms with Crippen LogP contribution < -0.4 is 0 Å². The fraction of sp³-hybridized carbons (Fsp3) is 0.200. The molecule has 0 saturated carbocycles. The first-order valence-electron chi connectivity index (χ1n) is 5.47. The molecule has 0 aliphatic heterocycles. The Bertz CT molecular complexity index is 473. The monoisotopic (exact) mass is 214 g/mol. The van der Waals surface area contributed by atoms with Gasteiger partial charge in [-0.25, -0.2) is 4.39 Å². The van der Waals surface area contributed by atoms with Crippen LogP contribution in [0.4, 0.5) is 4.39 Å². The Morgan fingerprint density at radius 2 is 1.75 bits per heavy atom. The summed E-state index contributed by atoms with van der Waals surface area (Å²) in [5.74, 6) is -0.190. The van der Waals surface area contributed by atoms with Crippen LogP contribution in [0.3, 0.4) is 0 Å². The normalized spacial score (nSPS) is 16.1. The summed E-state index contributed by atoms with van der Waals surface area (Å²) in [7, 11) is 0. The van der Waals surface area contributed by atoms with Crippen LogP contribution in [-0.4, -0.2) is 0 Å². The standard InChI is InChI=1S/C15H15F/c1-11-3-4-12(2)15(11)10-7-13-5-8-14(16)9-6-13/h3,5-10H,4H2,1-2H3/b10-7+. The molecule has 1 aromatic carbocycles. The van der Waals surface area contributed by atoms with Gasteiger partial charge in [0.15, 0.2) is 0 Å². The number of rotatable bonds is 2. The van der Waals surface area contributed by atoms with E-state index in [4.69, 9.17) is 0 Å². The average molecular weight is 214 g/mol. The summed E-state index contributed by atoms with van der Waals surface area (Å²) in [5.41, 5.74) is 5.07. The maximum Gasteiger partial charge on any atom is 0.123 e. The van der Waals surface area contributed by atoms with E-state index < -0.39 is 0 Å². The molecule has 0 bridgehead atoms. The molecule has 0 atom stereocenters. The van der Waals surface area contributed by atoms with Crippen molar-refractivity contribution in [1.82, 2.24) is 0 Å². The third-order valence-electron chi connectivity index (χ3n) is 2.91. The minimum Gasteiger partial charge on any atom is -0.207 e. The number of benzene rings is 1. The van der Waals surface area contributed by atoms with Gasteiger partial charge in [0, 0.05) is 0 Å². The van der Waals surface area contributed by atoms with Crippen LogP contribution >= 0.6 is 0 Å². The van der Waals surface area contributed by atoms with Crippen molar-refractivity contribution in [1.29, 1.82) is 0 Å². The number of allylic oxidation sites excluding steroid dienone is 5. The van der Waals surface area contributed by atoms with Crippen LogP contribution in [0, 0.1) is 5.82 Å². The minimum absolute atomic E-state index is 0.190. The summed E-state index contributed by atoms with van der Waals surface area (Å²) in [6, 6.07) is 6.54. The van der Waals surface area contributed by atoms with Crippen molar-refractivity contribution in [3.8, 4) is 0 Å². The van der Waals surface area contributed by atoms with Crippen molar-refractivity contribution >= 4 is 6.08 Å².